The molecule has 2 rings (SSSR count). The van der Waals surface area contributed by atoms with Crippen LogP contribution in [0.1, 0.15) is 31.5 Å². The fraction of sp³-hybridized carbons (Fsp3) is 0.389. The molecule has 26 heavy (non-hydrogen) atoms. The predicted molar refractivity (Wildman–Crippen MR) is 91.8 cm³/mol. The van der Waals surface area contributed by atoms with Gasteiger partial charge in [0.05, 0.1) is 17.2 Å². The number of carboxylic acids is 1. The molecule has 0 spiro atoms. The average molecular weight is 385 g/mol. The molecule has 0 saturated carbocycles. The number of aliphatic carboxylic acids is 1. The number of carbonyl (C=O) groups excluding carboxylic acids is 1. The smallest absolute Gasteiger partial charge is 0.416 e. The summed E-state index contributed by atoms with van der Waals surface area (Å²) in [4.78, 5) is 27.5. The number of rotatable bonds is 7. The normalized spacial score (nSPS) is 13.0. The van der Waals surface area contributed by atoms with E-state index < -0.39 is 23.6 Å². The fourth-order valence-corrected chi connectivity index (χ4v) is 3.29. The summed E-state index contributed by atoms with van der Waals surface area (Å²) in [5.74, 6) is -2.21. The number of carboxylic acid groups (broad SMARTS) is 1. The van der Waals surface area contributed by atoms with Gasteiger partial charge in [-0.05, 0) is 18.1 Å². The monoisotopic (exact) mass is 385 g/mol. The Morgan fingerprint density at radius 1 is 1.27 bits per heavy atom. The van der Waals surface area contributed by atoms with Gasteiger partial charge in [0, 0.05) is 23.8 Å². The highest BCUT2D eigenvalue weighted by Crippen LogP contribution is 2.33. The fourth-order valence-electron chi connectivity index (χ4n) is 2.48. The third-order valence-electron chi connectivity index (χ3n) is 3.94. The van der Waals surface area contributed by atoms with Gasteiger partial charge in [0.1, 0.15) is 10.8 Å². The zero-order chi connectivity index (χ0) is 19.5. The van der Waals surface area contributed by atoms with E-state index in [-0.39, 0.29) is 24.5 Å². The molecule has 0 bridgehead atoms. The highest BCUT2D eigenvalue weighted by Gasteiger charge is 2.30. The molecule has 1 N–H and O–H groups in total. The molecule has 2 aromatic rings. The second-order valence-electron chi connectivity index (χ2n) is 6.33. The minimum Gasteiger partial charge on any atom is -0.481 e. The molecule has 8 heteroatoms. The van der Waals surface area contributed by atoms with Crippen LogP contribution in [0.4, 0.5) is 13.2 Å². The predicted octanol–water partition coefficient (Wildman–Crippen LogP) is 4.69. The molecule has 0 amide bonds. The quantitative estimate of drug-likeness (QED) is 0.751. The molecule has 0 aliphatic rings. The second-order valence-corrected chi connectivity index (χ2v) is 7.19. The lowest BCUT2D eigenvalue weighted by Crippen LogP contribution is -2.23. The van der Waals surface area contributed by atoms with E-state index in [1.807, 2.05) is 0 Å². The van der Waals surface area contributed by atoms with Gasteiger partial charge in [0.15, 0.2) is 0 Å². The maximum Gasteiger partial charge on any atom is 0.416 e. The molecule has 1 aromatic carbocycles. The van der Waals surface area contributed by atoms with Crippen molar-refractivity contribution in [1.29, 1.82) is 0 Å². The summed E-state index contributed by atoms with van der Waals surface area (Å²) in [5.41, 5.74) is -0.00140. The number of aromatic nitrogens is 1. The molecule has 0 aliphatic heterocycles. The zero-order valence-corrected chi connectivity index (χ0v) is 15.0. The van der Waals surface area contributed by atoms with Crippen molar-refractivity contribution in [3.05, 3.63) is 40.9 Å². The van der Waals surface area contributed by atoms with Crippen LogP contribution < -0.4 is 0 Å². The van der Waals surface area contributed by atoms with Crippen molar-refractivity contribution in [1.82, 2.24) is 4.98 Å². The highest BCUT2D eigenvalue weighted by molar-refractivity contribution is 7.13. The lowest BCUT2D eigenvalue weighted by Gasteiger charge is -2.14. The van der Waals surface area contributed by atoms with Crippen LogP contribution >= 0.6 is 11.3 Å². The van der Waals surface area contributed by atoms with Crippen molar-refractivity contribution >= 4 is 23.1 Å². The van der Waals surface area contributed by atoms with Crippen LogP contribution in [0.3, 0.4) is 0 Å². The van der Waals surface area contributed by atoms with Gasteiger partial charge in [-0.2, -0.15) is 13.2 Å². The molecular formula is C18H18F3NO3S. The number of ketones is 1. The third-order valence-corrected chi connectivity index (χ3v) is 4.88. The Bertz CT molecular complexity index is 799. The molecule has 0 fully saturated rings. The molecular weight excluding hydrogens is 367 g/mol. The zero-order valence-electron chi connectivity index (χ0n) is 14.2. The molecule has 1 heterocycles. The first-order valence-corrected chi connectivity index (χ1v) is 8.82. The topological polar surface area (TPSA) is 67.3 Å². The first kappa shape index (κ1) is 20.1. The summed E-state index contributed by atoms with van der Waals surface area (Å²) >= 11 is 1.15. The molecule has 4 nitrogen and oxygen atoms in total. The van der Waals surface area contributed by atoms with Gasteiger partial charge < -0.3 is 5.11 Å². The van der Waals surface area contributed by atoms with Gasteiger partial charge in [-0.15, -0.1) is 11.3 Å². The van der Waals surface area contributed by atoms with E-state index >= 15 is 0 Å². The van der Waals surface area contributed by atoms with Crippen LogP contribution in [0, 0.1) is 11.8 Å². The second kappa shape index (κ2) is 7.99. The van der Waals surface area contributed by atoms with Crippen LogP contribution in [0.25, 0.3) is 10.6 Å². The van der Waals surface area contributed by atoms with Gasteiger partial charge in [-0.3, -0.25) is 9.59 Å². The minimum atomic E-state index is -4.44. The minimum absolute atomic E-state index is 0.0358. The summed E-state index contributed by atoms with van der Waals surface area (Å²) in [5, 5.41) is 11.1. The summed E-state index contributed by atoms with van der Waals surface area (Å²) in [6, 6.07) is 4.84. The Morgan fingerprint density at radius 2 is 1.96 bits per heavy atom. The molecule has 0 radical (unpaired) electrons. The number of hydrogen-bond acceptors (Lipinski definition) is 4. The molecule has 140 valence electrons. The number of thiazole rings is 1. The van der Waals surface area contributed by atoms with Crippen molar-refractivity contribution in [2.45, 2.75) is 32.9 Å². The first-order valence-electron chi connectivity index (χ1n) is 7.94. The van der Waals surface area contributed by atoms with Gasteiger partial charge in [0.2, 0.25) is 0 Å². The Balaban J connectivity index is 2.11. The maximum absolute atomic E-state index is 12.8. The van der Waals surface area contributed by atoms with E-state index in [4.69, 9.17) is 5.11 Å². The Morgan fingerprint density at radius 3 is 2.54 bits per heavy atom. The largest absolute Gasteiger partial charge is 0.481 e. The lowest BCUT2D eigenvalue weighted by molar-refractivity contribution is -0.145. The Labute approximate surface area is 152 Å². The van der Waals surface area contributed by atoms with Crippen molar-refractivity contribution in [2.75, 3.05) is 0 Å². The van der Waals surface area contributed by atoms with E-state index in [1.54, 1.807) is 19.2 Å². The number of carbonyl (C=O) groups is 2. The van der Waals surface area contributed by atoms with E-state index in [2.05, 4.69) is 4.98 Å². The van der Waals surface area contributed by atoms with E-state index in [9.17, 15) is 22.8 Å². The van der Waals surface area contributed by atoms with Crippen LogP contribution in [0.15, 0.2) is 29.6 Å². The van der Waals surface area contributed by atoms with Crippen molar-refractivity contribution < 1.29 is 27.9 Å². The van der Waals surface area contributed by atoms with Crippen LogP contribution in [0.5, 0.6) is 0 Å². The van der Waals surface area contributed by atoms with Crippen molar-refractivity contribution in [3.63, 3.8) is 0 Å². The van der Waals surface area contributed by atoms with E-state index in [0.717, 1.165) is 23.5 Å². The van der Waals surface area contributed by atoms with Crippen LogP contribution in [-0.2, 0) is 22.2 Å². The molecule has 1 atom stereocenters. The van der Waals surface area contributed by atoms with E-state index in [1.165, 1.54) is 12.1 Å². The van der Waals surface area contributed by atoms with Crippen LogP contribution in [0.2, 0.25) is 0 Å². The summed E-state index contributed by atoms with van der Waals surface area (Å²) < 4.78 is 38.4. The first-order chi connectivity index (χ1) is 12.1. The maximum atomic E-state index is 12.8. The number of halogens is 3. The Hall–Kier alpha value is -2.22. The standard InChI is InChI=1S/C18H18F3NO3S/c1-10(2)15(17(24)25)8-14(23)7-13-9-26-16(22-13)11-4-3-5-12(6-11)18(19,20)21/h3-6,9-10,15H,7-8H2,1-2H3,(H,24,25)/t15-/m0/s1. The van der Waals surface area contributed by atoms with E-state index in [0.29, 0.717) is 16.3 Å². The molecule has 0 saturated heterocycles. The summed E-state index contributed by atoms with van der Waals surface area (Å²) in [6.45, 7) is 3.47. The third kappa shape index (κ3) is 5.14. The Kier molecular flexibility index (Phi) is 6.17. The van der Waals surface area contributed by atoms with Gasteiger partial charge in [0.25, 0.3) is 0 Å². The molecule has 1 aromatic heterocycles. The molecule has 0 aliphatic carbocycles. The number of benzene rings is 1. The number of nitrogens with zero attached hydrogens (tertiary/aromatic N) is 1. The SMILES string of the molecule is CC(C)[C@H](CC(=O)Cc1csc(-c2cccc(C(F)(F)F)c2)n1)C(=O)O. The average Bonchev–Trinajstić information content (AvgIpc) is 3.00. The summed E-state index contributed by atoms with van der Waals surface area (Å²) in [6.07, 6.45) is -4.57. The number of Topliss-reactive ketones (excluding diaryl/α,β-unsaturated/α-hetero) is 1. The van der Waals surface area contributed by atoms with Crippen molar-refractivity contribution in [2.24, 2.45) is 11.8 Å². The van der Waals surface area contributed by atoms with Crippen LogP contribution in [-0.4, -0.2) is 21.8 Å². The number of alkyl halides is 3. The summed E-state index contributed by atoms with van der Waals surface area (Å²) in [7, 11) is 0. The number of hydrogen-bond donors (Lipinski definition) is 1. The lowest BCUT2D eigenvalue weighted by atomic mass is 9.90. The molecule has 0 unspecified atom stereocenters. The van der Waals surface area contributed by atoms with Gasteiger partial charge in [-0.25, -0.2) is 4.98 Å². The van der Waals surface area contributed by atoms with Gasteiger partial charge in [-0.1, -0.05) is 26.0 Å². The highest BCUT2D eigenvalue weighted by atomic mass is 32.1. The van der Waals surface area contributed by atoms with Crippen molar-refractivity contribution in [3.8, 4) is 10.6 Å². The van der Waals surface area contributed by atoms with Gasteiger partial charge >= 0.3 is 12.1 Å².